The summed E-state index contributed by atoms with van der Waals surface area (Å²) in [5.74, 6) is 0. The third-order valence-electron chi connectivity index (χ3n) is 2.04. The molecule has 0 heterocycles. The van der Waals surface area contributed by atoms with Gasteiger partial charge in [-0.25, -0.2) is 0 Å². The minimum Gasteiger partial charge on any atom is -0.314 e. The summed E-state index contributed by atoms with van der Waals surface area (Å²) in [5, 5.41) is 10.8. The summed E-state index contributed by atoms with van der Waals surface area (Å²) in [6.45, 7) is 6.03. The summed E-state index contributed by atoms with van der Waals surface area (Å²) in [6, 6.07) is 0. The van der Waals surface area contributed by atoms with Gasteiger partial charge in [0, 0.05) is 13.1 Å². The number of hydrogen-bond acceptors (Lipinski definition) is 2. The quantitative estimate of drug-likeness (QED) is 0.450. The lowest BCUT2D eigenvalue weighted by Crippen LogP contribution is -2.21. The highest BCUT2D eigenvalue weighted by atomic mass is 16.5. The monoisotopic (exact) mass is 173 g/mol. The molecule has 2 nitrogen and oxygen atoms in total. The molecule has 0 saturated heterocycles. The van der Waals surface area contributed by atoms with Gasteiger partial charge in [0.05, 0.1) is 0 Å². The Hall–Kier alpha value is -0.0800. The molecule has 0 aliphatic rings. The van der Waals surface area contributed by atoms with Gasteiger partial charge in [0.25, 0.3) is 0 Å². The molecule has 0 rings (SSSR count). The fraction of sp³-hybridized carbons (Fsp3) is 1.00. The van der Waals surface area contributed by atoms with E-state index in [0.717, 1.165) is 32.4 Å². The highest BCUT2D eigenvalue weighted by Gasteiger charge is 1.97. The number of nitrogens with zero attached hydrogens (tertiary/aromatic N) is 1. The fourth-order valence-corrected chi connectivity index (χ4v) is 1.17. The van der Waals surface area contributed by atoms with Crippen LogP contribution < -0.4 is 0 Å². The predicted octanol–water partition coefficient (Wildman–Crippen LogP) is 3.06. The Bertz CT molecular complexity index is 85.9. The lowest BCUT2D eigenvalue weighted by Gasteiger charge is -2.13. The third kappa shape index (κ3) is 8.02. The van der Waals surface area contributed by atoms with Crippen LogP contribution in [-0.2, 0) is 0 Å². The lowest BCUT2D eigenvalue weighted by molar-refractivity contribution is -0.0922. The first-order valence-electron chi connectivity index (χ1n) is 5.25. The van der Waals surface area contributed by atoms with E-state index in [1.165, 1.54) is 24.3 Å². The maximum absolute atomic E-state index is 9.31. The van der Waals surface area contributed by atoms with Crippen LogP contribution in [0.2, 0.25) is 0 Å². The van der Waals surface area contributed by atoms with Crippen LogP contribution in [0.25, 0.3) is 0 Å². The van der Waals surface area contributed by atoms with Crippen molar-refractivity contribution >= 4 is 0 Å². The first kappa shape index (κ1) is 11.9. The number of hydroxylamine groups is 2. The zero-order valence-electron chi connectivity index (χ0n) is 8.55. The van der Waals surface area contributed by atoms with Gasteiger partial charge in [0.2, 0.25) is 0 Å². The second kappa shape index (κ2) is 9.01. The topological polar surface area (TPSA) is 23.5 Å². The van der Waals surface area contributed by atoms with Crippen LogP contribution in [0.15, 0.2) is 0 Å². The Morgan fingerprint density at radius 2 is 1.42 bits per heavy atom. The van der Waals surface area contributed by atoms with Crippen LogP contribution in [0.3, 0.4) is 0 Å². The molecule has 0 aromatic carbocycles. The molecule has 0 spiro atoms. The van der Waals surface area contributed by atoms with Crippen LogP contribution in [0.4, 0.5) is 0 Å². The molecule has 0 fully saturated rings. The number of unbranched alkanes of at least 4 members (excludes halogenated alkanes) is 4. The second-order valence-corrected chi connectivity index (χ2v) is 3.37. The van der Waals surface area contributed by atoms with Crippen molar-refractivity contribution in [2.75, 3.05) is 13.1 Å². The largest absolute Gasteiger partial charge is 0.314 e. The Morgan fingerprint density at radius 1 is 0.833 bits per heavy atom. The standard InChI is InChI=1S/C10H23NO/c1-3-5-7-8-10-11(12)9-6-4-2/h12H,3-10H2,1-2H3. The SMILES string of the molecule is CCCCCCN(O)CCCC. The van der Waals surface area contributed by atoms with E-state index in [4.69, 9.17) is 0 Å². The Labute approximate surface area is 76.5 Å². The molecule has 0 amide bonds. The second-order valence-electron chi connectivity index (χ2n) is 3.37. The van der Waals surface area contributed by atoms with Crippen molar-refractivity contribution in [2.24, 2.45) is 0 Å². The molecule has 12 heavy (non-hydrogen) atoms. The molecule has 0 saturated carbocycles. The van der Waals surface area contributed by atoms with E-state index in [1.807, 2.05) is 0 Å². The molecule has 0 atom stereocenters. The minimum absolute atomic E-state index is 0.836. The summed E-state index contributed by atoms with van der Waals surface area (Å²) in [7, 11) is 0. The van der Waals surface area contributed by atoms with Gasteiger partial charge in [-0.2, -0.15) is 5.06 Å². The average molecular weight is 173 g/mol. The lowest BCUT2D eigenvalue weighted by atomic mass is 10.2. The van der Waals surface area contributed by atoms with E-state index >= 15 is 0 Å². The zero-order chi connectivity index (χ0) is 9.23. The molecule has 0 aromatic rings. The first-order valence-corrected chi connectivity index (χ1v) is 5.25. The maximum atomic E-state index is 9.31. The fourth-order valence-electron chi connectivity index (χ4n) is 1.17. The molecular formula is C10H23NO. The summed E-state index contributed by atoms with van der Waals surface area (Å²) in [4.78, 5) is 0. The normalized spacial score (nSPS) is 11.0. The summed E-state index contributed by atoms with van der Waals surface area (Å²) < 4.78 is 0. The van der Waals surface area contributed by atoms with Gasteiger partial charge < -0.3 is 5.21 Å². The van der Waals surface area contributed by atoms with Crippen molar-refractivity contribution in [1.82, 2.24) is 5.06 Å². The third-order valence-corrected chi connectivity index (χ3v) is 2.04. The van der Waals surface area contributed by atoms with Crippen molar-refractivity contribution in [1.29, 1.82) is 0 Å². The van der Waals surface area contributed by atoms with E-state index < -0.39 is 0 Å². The van der Waals surface area contributed by atoms with E-state index in [2.05, 4.69) is 13.8 Å². The van der Waals surface area contributed by atoms with E-state index in [1.54, 1.807) is 0 Å². The highest BCUT2D eigenvalue weighted by Crippen LogP contribution is 2.00. The molecule has 0 aromatic heterocycles. The highest BCUT2D eigenvalue weighted by molar-refractivity contribution is 4.47. The number of hydrogen-bond donors (Lipinski definition) is 1. The van der Waals surface area contributed by atoms with Crippen LogP contribution in [0, 0.1) is 0 Å². The van der Waals surface area contributed by atoms with Crippen LogP contribution in [0.1, 0.15) is 52.4 Å². The van der Waals surface area contributed by atoms with Gasteiger partial charge in [-0.1, -0.05) is 39.5 Å². The molecule has 0 aliphatic carbocycles. The van der Waals surface area contributed by atoms with Crippen LogP contribution >= 0.6 is 0 Å². The van der Waals surface area contributed by atoms with Gasteiger partial charge in [-0.3, -0.25) is 0 Å². The van der Waals surface area contributed by atoms with Crippen LogP contribution in [-0.4, -0.2) is 23.4 Å². The molecule has 0 radical (unpaired) electrons. The van der Waals surface area contributed by atoms with E-state index in [0.29, 0.717) is 0 Å². The van der Waals surface area contributed by atoms with Crippen molar-refractivity contribution in [3.63, 3.8) is 0 Å². The Balaban J connectivity index is 3.02. The first-order chi connectivity index (χ1) is 5.81. The summed E-state index contributed by atoms with van der Waals surface area (Å²) in [6.07, 6.45) is 7.20. The van der Waals surface area contributed by atoms with Gasteiger partial charge in [-0.15, -0.1) is 0 Å². The van der Waals surface area contributed by atoms with E-state index in [-0.39, 0.29) is 0 Å². The predicted molar refractivity (Wildman–Crippen MR) is 52.4 cm³/mol. The van der Waals surface area contributed by atoms with Gasteiger partial charge in [0.15, 0.2) is 0 Å². The Morgan fingerprint density at radius 3 is 2.00 bits per heavy atom. The van der Waals surface area contributed by atoms with Gasteiger partial charge in [-0.05, 0) is 12.8 Å². The summed E-state index contributed by atoms with van der Waals surface area (Å²) in [5.41, 5.74) is 0. The molecule has 2 heteroatoms. The van der Waals surface area contributed by atoms with Crippen molar-refractivity contribution in [3.05, 3.63) is 0 Å². The Kier molecular flexibility index (Phi) is 8.95. The van der Waals surface area contributed by atoms with Crippen molar-refractivity contribution in [2.45, 2.75) is 52.4 Å². The van der Waals surface area contributed by atoms with Crippen molar-refractivity contribution in [3.8, 4) is 0 Å². The van der Waals surface area contributed by atoms with Gasteiger partial charge >= 0.3 is 0 Å². The minimum atomic E-state index is 0.836. The molecule has 0 aliphatic heterocycles. The molecule has 74 valence electrons. The van der Waals surface area contributed by atoms with Gasteiger partial charge in [0.1, 0.15) is 0 Å². The van der Waals surface area contributed by atoms with E-state index in [9.17, 15) is 5.21 Å². The smallest absolute Gasteiger partial charge is 0.0238 e. The zero-order valence-corrected chi connectivity index (χ0v) is 8.55. The summed E-state index contributed by atoms with van der Waals surface area (Å²) >= 11 is 0. The average Bonchev–Trinajstić information content (AvgIpc) is 2.09. The maximum Gasteiger partial charge on any atom is 0.0238 e. The van der Waals surface area contributed by atoms with Crippen LogP contribution in [0.5, 0.6) is 0 Å². The molecular weight excluding hydrogens is 150 g/mol. The molecule has 0 unspecified atom stereocenters. The molecule has 0 bridgehead atoms. The number of rotatable bonds is 8. The van der Waals surface area contributed by atoms with Crippen molar-refractivity contribution < 1.29 is 5.21 Å². The molecule has 1 N–H and O–H groups in total.